The van der Waals surface area contributed by atoms with Crippen molar-refractivity contribution >= 4 is 22.5 Å². The number of hydrogen-bond donors (Lipinski definition) is 1. The van der Waals surface area contributed by atoms with E-state index in [-0.39, 0.29) is 11.8 Å². The topological polar surface area (TPSA) is 64.0 Å². The van der Waals surface area contributed by atoms with Crippen LogP contribution in [0.5, 0.6) is 0 Å². The minimum atomic E-state index is -0.917. The second-order valence-electron chi connectivity index (χ2n) is 7.10. The molecule has 1 fully saturated rings. The van der Waals surface area contributed by atoms with Crippen LogP contribution in [0.1, 0.15) is 48.1 Å². The van der Waals surface area contributed by atoms with E-state index in [9.17, 15) is 9.00 Å². The van der Waals surface area contributed by atoms with E-state index >= 15 is 0 Å². The zero-order chi connectivity index (χ0) is 17.6. The monoisotopic (exact) mass is 357 g/mol. The van der Waals surface area contributed by atoms with Gasteiger partial charge in [0, 0.05) is 22.3 Å². The molecule has 1 aromatic heterocycles. The molecule has 1 unspecified atom stereocenters. The van der Waals surface area contributed by atoms with Gasteiger partial charge in [-0.05, 0) is 43.9 Å². The molecule has 2 heterocycles. The second kappa shape index (κ2) is 6.41. The number of fused-ring (bicyclic) bond motifs is 1. The number of carbonyl (C=O) groups excluding carboxylic acids is 1. The van der Waals surface area contributed by atoms with Crippen molar-refractivity contribution in [2.75, 3.05) is 5.32 Å². The van der Waals surface area contributed by atoms with Crippen molar-refractivity contribution < 1.29 is 9.00 Å². The van der Waals surface area contributed by atoms with Crippen molar-refractivity contribution in [3.63, 3.8) is 0 Å². The summed E-state index contributed by atoms with van der Waals surface area (Å²) < 4.78 is 13.8. The lowest BCUT2D eigenvalue weighted by atomic mass is 10.1. The van der Waals surface area contributed by atoms with Gasteiger partial charge in [0.05, 0.1) is 22.9 Å². The minimum absolute atomic E-state index is 0.0736. The van der Waals surface area contributed by atoms with Gasteiger partial charge in [0.2, 0.25) is 5.91 Å². The highest BCUT2D eigenvalue weighted by Crippen LogP contribution is 2.34. The van der Waals surface area contributed by atoms with E-state index in [4.69, 9.17) is 5.10 Å². The van der Waals surface area contributed by atoms with Gasteiger partial charge < -0.3 is 5.32 Å². The fourth-order valence-electron chi connectivity index (χ4n) is 3.80. The molecule has 0 radical (unpaired) electrons. The molecule has 2 aliphatic rings. The molecule has 25 heavy (non-hydrogen) atoms. The Hall–Kier alpha value is -1.95. The lowest BCUT2D eigenvalue weighted by Gasteiger charge is -2.16. The van der Waals surface area contributed by atoms with Crippen LogP contribution in [0.25, 0.3) is 5.69 Å². The Morgan fingerprint density at radius 1 is 1.24 bits per heavy atom. The number of hydrogen-bond acceptors (Lipinski definition) is 3. The number of rotatable bonds is 3. The Kier molecular flexibility index (Phi) is 4.23. The van der Waals surface area contributed by atoms with Gasteiger partial charge in [-0.15, -0.1) is 0 Å². The van der Waals surface area contributed by atoms with Crippen LogP contribution in [0.15, 0.2) is 18.2 Å². The molecule has 0 saturated heterocycles. The molecule has 1 N–H and O–H groups in total. The van der Waals surface area contributed by atoms with Crippen LogP contribution in [0.2, 0.25) is 0 Å². The Morgan fingerprint density at radius 3 is 2.76 bits per heavy atom. The predicted molar refractivity (Wildman–Crippen MR) is 99.2 cm³/mol. The zero-order valence-corrected chi connectivity index (χ0v) is 15.5. The number of anilines is 1. The van der Waals surface area contributed by atoms with Crippen LogP contribution >= 0.6 is 0 Å². The summed E-state index contributed by atoms with van der Waals surface area (Å²) in [5, 5.41) is 7.83. The van der Waals surface area contributed by atoms with Crippen molar-refractivity contribution in [3.8, 4) is 5.69 Å². The summed E-state index contributed by atoms with van der Waals surface area (Å²) in [6.07, 6.45) is 4.15. The average molecular weight is 357 g/mol. The second-order valence-corrected chi connectivity index (χ2v) is 8.56. The number of amides is 1. The summed E-state index contributed by atoms with van der Waals surface area (Å²) in [7, 11) is -0.917. The van der Waals surface area contributed by atoms with Gasteiger partial charge in [-0.3, -0.25) is 9.00 Å². The van der Waals surface area contributed by atoms with E-state index in [0.717, 1.165) is 48.2 Å². The van der Waals surface area contributed by atoms with Gasteiger partial charge >= 0.3 is 0 Å². The predicted octanol–water partition coefficient (Wildman–Crippen LogP) is 3.38. The van der Waals surface area contributed by atoms with Crippen molar-refractivity contribution in [1.29, 1.82) is 0 Å². The molecule has 4 rings (SSSR count). The standard InChI is InChI=1S/C19H23N3O2S/c1-12-6-5-9-17(13(12)2)22-18(15-10-25(24)11-16(15)21-22)20-19(23)14-7-3-4-8-14/h5-6,9,14H,3-4,7-8,10-11H2,1-2H3,(H,20,23). The van der Waals surface area contributed by atoms with Crippen LogP contribution in [0, 0.1) is 19.8 Å². The number of aromatic nitrogens is 2. The third-order valence-corrected chi connectivity index (χ3v) is 6.65. The molecule has 1 aromatic carbocycles. The Labute approximate surface area is 150 Å². The lowest BCUT2D eigenvalue weighted by molar-refractivity contribution is -0.119. The molecule has 6 heteroatoms. The molecule has 1 saturated carbocycles. The molecule has 1 aliphatic carbocycles. The van der Waals surface area contributed by atoms with Gasteiger partial charge in [-0.2, -0.15) is 5.10 Å². The molecule has 1 aliphatic heterocycles. The van der Waals surface area contributed by atoms with Crippen LogP contribution in [0.3, 0.4) is 0 Å². The van der Waals surface area contributed by atoms with Crippen molar-refractivity contribution in [2.45, 2.75) is 51.0 Å². The summed E-state index contributed by atoms with van der Waals surface area (Å²) in [5.74, 6) is 1.82. The van der Waals surface area contributed by atoms with Crippen LogP contribution < -0.4 is 5.32 Å². The maximum atomic E-state index is 12.7. The molecule has 5 nitrogen and oxygen atoms in total. The van der Waals surface area contributed by atoms with Crippen LogP contribution in [-0.2, 0) is 27.1 Å². The van der Waals surface area contributed by atoms with Gasteiger partial charge in [-0.25, -0.2) is 4.68 Å². The molecule has 1 atom stereocenters. The molecule has 0 bridgehead atoms. The van der Waals surface area contributed by atoms with Crippen LogP contribution in [0.4, 0.5) is 5.82 Å². The largest absolute Gasteiger partial charge is 0.310 e. The number of carbonyl (C=O) groups is 1. The summed E-state index contributed by atoms with van der Waals surface area (Å²) in [6.45, 7) is 4.14. The lowest BCUT2D eigenvalue weighted by Crippen LogP contribution is -2.23. The summed E-state index contributed by atoms with van der Waals surface area (Å²) in [4.78, 5) is 12.7. The maximum absolute atomic E-state index is 12.7. The van der Waals surface area contributed by atoms with Crippen molar-refractivity contribution in [3.05, 3.63) is 40.6 Å². The van der Waals surface area contributed by atoms with E-state index < -0.39 is 10.8 Å². The number of aryl methyl sites for hydroxylation is 1. The van der Waals surface area contributed by atoms with Crippen LogP contribution in [-0.4, -0.2) is 19.9 Å². The van der Waals surface area contributed by atoms with E-state index in [1.165, 1.54) is 5.56 Å². The highest BCUT2D eigenvalue weighted by molar-refractivity contribution is 7.83. The average Bonchev–Trinajstić information content (AvgIpc) is 3.28. The van der Waals surface area contributed by atoms with E-state index in [0.29, 0.717) is 17.3 Å². The SMILES string of the molecule is Cc1cccc(-n2nc3c(c2NC(=O)C2CCCC2)CS(=O)C3)c1C. The number of benzene rings is 1. The summed E-state index contributed by atoms with van der Waals surface area (Å²) in [5.41, 5.74) is 5.08. The van der Waals surface area contributed by atoms with Crippen molar-refractivity contribution in [2.24, 2.45) is 5.92 Å². The third kappa shape index (κ3) is 2.92. The molecular weight excluding hydrogens is 334 g/mol. The zero-order valence-electron chi connectivity index (χ0n) is 14.7. The first-order valence-electron chi connectivity index (χ1n) is 8.88. The Bertz CT molecular complexity index is 866. The smallest absolute Gasteiger partial charge is 0.228 e. The number of nitrogens with zero attached hydrogens (tertiary/aromatic N) is 2. The quantitative estimate of drug-likeness (QED) is 0.916. The third-order valence-electron chi connectivity index (χ3n) is 5.44. The van der Waals surface area contributed by atoms with E-state index in [1.807, 2.05) is 16.8 Å². The molecule has 1 amide bonds. The number of nitrogens with one attached hydrogen (secondary N) is 1. The summed E-state index contributed by atoms with van der Waals surface area (Å²) in [6, 6.07) is 6.10. The normalized spacial score (nSPS) is 20.0. The molecule has 132 valence electrons. The molecule has 0 spiro atoms. The van der Waals surface area contributed by atoms with Gasteiger partial charge in [0.1, 0.15) is 5.82 Å². The van der Waals surface area contributed by atoms with Gasteiger partial charge in [0.25, 0.3) is 0 Å². The Morgan fingerprint density at radius 2 is 2.00 bits per heavy atom. The highest BCUT2D eigenvalue weighted by Gasteiger charge is 2.31. The Balaban J connectivity index is 1.77. The van der Waals surface area contributed by atoms with E-state index in [2.05, 4.69) is 25.2 Å². The van der Waals surface area contributed by atoms with Gasteiger partial charge in [0.15, 0.2) is 0 Å². The van der Waals surface area contributed by atoms with Gasteiger partial charge in [-0.1, -0.05) is 25.0 Å². The highest BCUT2D eigenvalue weighted by atomic mass is 32.2. The molecule has 2 aromatic rings. The van der Waals surface area contributed by atoms with Crippen molar-refractivity contribution in [1.82, 2.24) is 9.78 Å². The first-order valence-corrected chi connectivity index (χ1v) is 10.4. The first kappa shape index (κ1) is 16.5. The van der Waals surface area contributed by atoms with E-state index in [1.54, 1.807) is 0 Å². The fourth-order valence-corrected chi connectivity index (χ4v) is 5.07. The summed E-state index contributed by atoms with van der Waals surface area (Å²) >= 11 is 0. The first-order chi connectivity index (χ1) is 12.0. The minimum Gasteiger partial charge on any atom is -0.310 e. The molecular formula is C19H23N3O2S. The maximum Gasteiger partial charge on any atom is 0.228 e. The fraction of sp³-hybridized carbons (Fsp3) is 0.474.